The van der Waals surface area contributed by atoms with Gasteiger partial charge in [-0.2, -0.15) is 0 Å². The number of Topliss-reactive ketones (excluding diaryl/α,β-unsaturated/α-hetero) is 1. The third kappa shape index (κ3) is 5.76. The van der Waals surface area contributed by atoms with E-state index in [0.29, 0.717) is 25.2 Å². The van der Waals surface area contributed by atoms with E-state index in [1.807, 2.05) is 13.8 Å². The highest BCUT2D eigenvalue weighted by Gasteiger charge is 1.96. The highest BCUT2D eigenvalue weighted by molar-refractivity contribution is 5.77. The van der Waals surface area contributed by atoms with Crippen LogP contribution in [0.3, 0.4) is 0 Å². The van der Waals surface area contributed by atoms with Crippen LogP contribution in [-0.2, 0) is 9.53 Å². The highest BCUT2D eigenvalue weighted by Crippen LogP contribution is 1.95. The Morgan fingerprint density at radius 3 is 2.80 bits per heavy atom. The number of hydrogen-bond acceptors (Lipinski definition) is 2. The summed E-state index contributed by atoms with van der Waals surface area (Å²) in [6.07, 6.45) is 2.15. The molecule has 0 aromatic rings. The largest absolute Gasteiger partial charge is 0.376 e. The molecule has 2 heteroatoms. The van der Waals surface area contributed by atoms with Gasteiger partial charge in [0.2, 0.25) is 0 Å². The van der Waals surface area contributed by atoms with Gasteiger partial charge >= 0.3 is 0 Å². The molecule has 10 heavy (non-hydrogen) atoms. The molecule has 0 aliphatic carbocycles. The molecule has 0 aliphatic rings. The molecule has 0 rings (SSSR count). The maximum atomic E-state index is 10.7. The lowest BCUT2D eigenvalue weighted by molar-refractivity contribution is -0.119. The van der Waals surface area contributed by atoms with Gasteiger partial charge in [-0.05, 0) is 13.3 Å². The van der Waals surface area contributed by atoms with Gasteiger partial charge in [0.05, 0.1) is 6.61 Å². The van der Waals surface area contributed by atoms with Crippen molar-refractivity contribution in [3.8, 4) is 0 Å². The Morgan fingerprint density at radius 2 is 2.30 bits per heavy atom. The summed E-state index contributed by atoms with van der Waals surface area (Å²) in [5.41, 5.74) is 0. The first kappa shape index (κ1) is 9.63. The molecule has 0 heterocycles. The Bertz CT molecular complexity index is 89.3. The number of rotatable bonds is 6. The van der Waals surface area contributed by atoms with Crippen LogP contribution in [0.15, 0.2) is 0 Å². The molecule has 59 valence electrons. The van der Waals surface area contributed by atoms with Crippen LogP contribution in [-0.4, -0.2) is 12.4 Å². The molecule has 0 aromatic carbocycles. The van der Waals surface area contributed by atoms with E-state index in [-0.39, 0.29) is 0 Å². The van der Waals surface area contributed by atoms with Gasteiger partial charge in [0.25, 0.3) is 0 Å². The minimum Gasteiger partial charge on any atom is -0.376 e. The summed E-state index contributed by atoms with van der Waals surface area (Å²) in [4.78, 5) is 10.7. The van der Waals surface area contributed by atoms with E-state index in [0.717, 1.165) is 6.42 Å². The fraction of sp³-hybridized carbons (Fsp3) is 0.750. The van der Waals surface area contributed by atoms with Crippen molar-refractivity contribution in [2.45, 2.75) is 33.1 Å². The van der Waals surface area contributed by atoms with Gasteiger partial charge in [-0.3, -0.25) is 4.79 Å². The normalized spacial score (nSPS) is 9.80. The first-order valence-electron chi connectivity index (χ1n) is 3.72. The lowest BCUT2D eigenvalue weighted by Crippen LogP contribution is -1.98. The van der Waals surface area contributed by atoms with Crippen LogP contribution < -0.4 is 0 Å². The van der Waals surface area contributed by atoms with E-state index < -0.39 is 0 Å². The van der Waals surface area contributed by atoms with Gasteiger partial charge in [0.15, 0.2) is 0 Å². The third-order valence-corrected chi connectivity index (χ3v) is 1.28. The summed E-state index contributed by atoms with van der Waals surface area (Å²) < 4.78 is 4.95. The molecular formula is C8H15O2. The number of hydrogen-bond donors (Lipinski definition) is 0. The maximum Gasteiger partial charge on any atom is 0.132 e. The number of ether oxygens (including phenoxy) is 1. The lowest BCUT2D eigenvalue weighted by atomic mass is 10.2. The first-order chi connectivity index (χ1) is 4.81. The minimum absolute atomic E-state index is 0.319. The molecule has 0 atom stereocenters. The van der Waals surface area contributed by atoms with Crippen LogP contribution in [0.5, 0.6) is 0 Å². The van der Waals surface area contributed by atoms with Crippen LogP contribution in [0.4, 0.5) is 0 Å². The van der Waals surface area contributed by atoms with Crippen molar-refractivity contribution >= 4 is 5.78 Å². The molecule has 0 unspecified atom stereocenters. The Hall–Kier alpha value is -0.370. The number of ketones is 1. The summed E-state index contributed by atoms with van der Waals surface area (Å²) in [5.74, 6) is 0.319. The molecule has 0 spiro atoms. The molecule has 1 radical (unpaired) electrons. The van der Waals surface area contributed by atoms with E-state index in [2.05, 4.69) is 0 Å². The molecule has 0 fully saturated rings. The van der Waals surface area contributed by atoms with Crippen molar-refractivity contribution < 1.29 is 9.53 Å². The van der Waals surface area contributed by atoms with Crippen LogP contribution >= 0.6 is 0 Å². The quantitative estimate of drug-likeness (QED) is 0.531. The van der Waals surface area contributed by atoms with Crippen molar-refractivity contribution in [1.82, 2.24) is 0 Å². The van der Waals surface area contributed by atoms with Crippen LogP contribution in [0.1, 0.15) is 33.1 Å². The van der Waals surface area contributed by atoms with Crippen LogP contribution in [0, 0.1) is 6.61 Å². The summed E-state index contributed by atoms with van der Waals surface area (Å²) in [6.45, 7) is 6.04. The van der Waals surface area contributed by atoms with E-state index in [1.165, 1.54) is 0 Å². The van der Waals surface area contributed by atoms with Gasteiger partial charge < -0.3 is 4.74 Å². The summed E-state index contributed by atoms with van der Waals surface area (Å²) in [5, 5.41) is 0. The van der Waals surface area contributed by atoms with Crippen molar-refractivity contribution in [3.05, 3.63) is 6.61 Å². The van der Waals surface area contributed by atoms with Crippen molar-refractivity contribution in [1.29, 1.82) is 0 Å². The summed E-state index contributed by atoms with van der Waals surface area (Å²) in [6, 6.07) is 0. The second-order valence-electron chi connectivity index (χ2n) is 2.10. The van der Waals surface area contributed by atoms with E-state index >= 15 is 0 Å². The van der Waals surface area contributed by atoms with Crippen molar-refractivity contribution in [2.75, 3.05) is 6.61 Å². The summed E-state index contributed by atoms with van der Waals surface area (Å²) >= 11 is 0. The Morgan fingerprint density at radius 1 is 1.60 bits per heavy atom. The SMILES string of the molecule is C[CH]OCCCC(=O)CC. The van der Waals surface area contributed by atoms with Crippen LogP contribution in [0.25, 0.3) is 0 Å². The third-order valence-electron chi connectivity index (χ3n) is 1.28. The fourth-order valence-electron chi connectivity index (χ4n) is 0.647. The Labute approximate surface area is 62.6 Å². The Balaban J connectivity index is 2.96. The topological polar surface area (TPSA) is 26.3 Å². The second-order valence-corrected chi connectivity index (χ2v) is 2.10. The average molecular weight is 143 g/mol. The standard InChI is InChI=1S/C8H15O2/c1-3-8(9)6-5-7-10-4-2/h4H,3,5-7H2,1-2H3. The van der Waals surface area contributed by atoms with Gasteiger partial charge in [0, 0.05) is 19.4 Å². The zero-order chi connectivity index (χ0) is 7.82. The molecule has 0 saturated carbocycles. The van der Waals surface area contributed by atoms with Gasteiger partial charge in [-0.25, -0.2) is 0 Å². The highest BCUT2D eigenvalue weighted by atomic mass is 16.5. The van der Waals surface area contributed by atoms with Gasteiger partial charge in [-0.1, -0.05) is 6.92 Å². The zero-order valence-corrected chi connectivity index (χ0v) is 6.72. The van der Waals surface area contributed by atoms with E-state index in [4.69, 9.17) is 4.74 Å². The predicted octanol–water partition coefficient (Wildman–Crippen LogP) is 1.94. The number of carbonyl (C=O) groups excluding carboxylic acids is 1. The summed E-state index contributed by atoms with van der Waals surface area (Å²) in [7, 11) is 0. The molecule has 0 aliphatic heterocycles. The fourth-order valence-corrected chi connectivity index (χ4v) is 0.647. The van der Waals surface area contributed by atoms with Gasteiger partial charge in [-0.15, -0.1) is 0 Å². The van der Waals surface area contributed by atoms with Crippen molar-refractivity contribution in [2.24, 2.45) is 0 Å². The van der Waals surface area contributed by atoms with E-state index in [9.17, 15) is 4.79 Å². The molecule has 2 nitrogen and oxygen atoms in total. The molecule has 0 amide bonds. The minimum atomic E-state index is 0.319. The molecule has 0 N–H and O–H groups in total. The maximum absolute atomic E-state index is 10.7. The van der Waals surface area contributed by atoms with Crippen molar-refractivity contribution in [3.63, 3.8) is 0 Å². The van der Waals surface area contributed by atoms with Crippen LogP contribution in [0.2, 0.25) is 0 Å². The first-order valence-corrected chi connectivity index (χ1v) is 3.72. The number of carbonyl (C=O) groups is 1. The predicted molar refractivity (Wildman–Crippen MR) is 40.5 cm³/mol. The Kier molecular flexibility index (Phi) is 6.50. The average Bonchev–Trinajstić information content (AvgIpc) is 1.98. The second kappa shape index (κ2) is 6.75. The molecule has 0 bridgehead atoms. The molecular weight excluding hydrogens is 128 g/mol. The lowest BCUT2D eigenvalue weighted by Gasteiger charge is -1.97. The zero-order valence-electron chi connectivity index (χ0n) is 6.72. The smallest absolute Gasteiger partial charge is 0.132 e. The monoisotopic (exact) mass is 143 g/mol. The van der Waals surface area contributed by atoms with E-state index in [1.54, 1.807) is 6.61 Å². The molecule has 0 saturated heterocycles. The molecule has 0 aromatic heterocycles. The van der Waals surface area contributed by atoms with Gasteiger partial charge in [0.1, 0.15) is 5.78 Å².